The van der Waals surface area contributed by atoms with Crippen LogP contribution in [0.5, 0.6) is 0 Å². The summed E-state index contributed by atoms with van der Waals surface area (Å²) in [6.45, 7) is 3.90. The van der Waals surface area contributed by atoms with Crippen molar-refractivity contribution in [2.24, 2.45) is 0 Å². The van der Waals surface area contributed by atoms with E-state index in [0.717, 1.165) is 16.3 Å². The van der Waals surface area contributed by atoms with Gasteiger partial charge in [0.05, 0.1) is 10.8 Å². The van der Waals surface area contributed by atoms with E-state index in [4.69, 9.17) is 16.3 Å². The third-order valence-corrected chi connectivity index (χ3v) is 6.28. The van der Waals surface area contributed by atoms with Crippen molar-refractivity contribution < 1.29 is 14.3 Å². The Balaban J connectivity index is 1.58. The van der Waals surface area contributed by atoms with Crippen LogP contribution in [0.25, 0.3) is 0 Å². The number of carbonyl (C=O) groups is 2. The van der Waals surface area contributed by atoms with Crippen LogP contribution in [0, 0.1) is 0 Å². The Morgan fingerprint density at radius 3 is 2.54 bits per heavy atom. The number of anilines is 1. The molecule has 0 saturated heterocycles. The summed E-state index contributed by atoms with van der Waals surface area (Å²) in [7, 11) is 1.94. The van der Waals surface area contributed by atoms with Crippen LogP contribution in [0.4, 0.5) is 5.69 Å². The van der Waals surface area contributed by atoms with Crippen LogP contribution < -0.4 is 4.90 Å². The number of thioether (sulfide) groups is 1. The number of ether oxygens (including phenoxy) is 1. The number of halogens is 1. The quantitative estimate of drug-likeness (QED) is 0.383. The second-order valence-electron chi connectivity index (χ2n) is 7.08. The van der Waals surface area contributed by atoms with Gasteiger partial charge in [-0.1, -0.05) is 55.8 Å². The molecule has 4 nitrogen and oxygen atoms in total. The molecule has 6 heteroatoms. The number of carbonyl (C=O) groups excluding carboxylic acids is 2. The van der Waals surface area contributed by atoms with Crippen LogP contribution in [-0.4, -0.2) is 31.2 Å². The van der Waals surface area contributed by atoms with Crippen molar-refractivity contribution in [3.63, 3.8) is 0 Å². The number of fused-ring (bicyclic) bond motifs is 1. The van der Waals surface area contributed by atoms with Gasteiger partial charge < -0.3 is 9.64 Å². The van der Waals surface area contributed by atoms with Crippen molar-refractivity contribution in [3.05, 3.63) is 70.9 Å². The summed E-state index contributed by atoms with van der Waals surface area (Å²) in [5.41, 5.74) is 2.86. The summed E-state index contributed by atoms with van der Waals surface area (Å²) in [6.07, 6.45) is 1.58. The van der Waals surface area contributed by atoms with E-state index in [9.17, 15) is 9.59 Å². The molecule has 1 aliphatic heterocycles. The maximum absolute atomic E-state index is 12.4. The molecule has 0 atom stereocenters. The Hall–Kier alpha value is -2.24. The Labute approximate surface area is 174 Å². The lowest BCUT2D eigenvalue weighted by Gasteiger charge is -2.23. The smallest absolute Gasteiger partial charge is 0.316 e. The van der Waals surface area contributed by atoms with Crippen molar-refractivity contribution in [2.75, 3.05) is 24.3 Å². The minimum absolute atomic E-state index is 0.102. The molecule has 0 N–H and O–H groups in total. The first-order valence-electron chi connectivity index (χ1n) is 8.92. The highest BCUT2D eigenvalue weighted by Gasteiger charge is 2.38. The van der Waals surface area contributed by atoms with Crippen molar-refractivity contribution in [3.8, 4) is 0 Å². The van der Waals surface area contributed by atoms with E-state index in [1.165, 1.54) is 17.3 Å². The number of hydrogen-bond acceptors (Lipinski definition) is 5. The molecule has 0 spiro atoms. The molecule has 0 aromatic heterocycles. The maximum Gasteiger partial charge on any atom is 0.316 e. The minimum Gasteiger partial charge on any atom is -0.457 e. The van der Waals surface area contributed by atoms with E-state index in [2.05, 4.69) is 19.9 Å². The number of allylic oxidation sites excluding steroid dienone is 1. The highest BCUT2D eigenvalue weighted by atomic mass is 35.5. The van der Waals surface area contributed by atoms with Crippen LogP contribution in [-0.2, 0) is 19.7 Å². The number of rotatable bonds is 6. The van der Waals surface area contributed by atoms with Gasteiger partial charge >= 0.3 is 5.97 Å². The third kappa shape index (κ3) is 4.26. The van der Waals surface area contributed by atoms with Gasteiger partial charge in [0, 0.05) is 34.8 Å². The second kappa shape index (κ2) is 8.41. The first kappa shape index (κ1) is 20.5. The first-order chi connectivity index (χ1) is 13.3. The molecule has 0 bridgehead atoms. The minimum atomic E-state index is -0.445. The van der Waals surface area contributed by atoms with Crippen LogP contribution >= 0.6 is 23.4 Å². The van der Waals surface area contributed by atoms with Crippen molar-refractivity contribution >= 4 is 40.8 Å². The molecule has 0 saturated carbocycles. The highest BCUT2D eigenvalue weighted by molar-refractivity contribution is 8.00. The molecule has 1 aliphatic rings. The van der Waals surface area contributed by atoms with Crippen molar-refractivity contribution in [1.82, 2.24) is 0 Å². The van der Waals surface area contributed by atoms with E-state index >= 15 is 0 Å². The van der Waals surface area contributed by atoms with E-state index in [1.54, 1.807) is 12.1 Å². The summed E-state index contributed by atoms with van der Waals surface area (Å²) in [5, 5.41) is 0.590. The predicted molar refractivity (Wildman–Crippen MR) is 114 cm³/mol. The molecule has 1 heterocycles. The summed E-state index contributed by atoms with van der Waals surface area (Å²) >= 11 is 7.36. The fourth-order valence-electron chi connectivity index (χ4n) is 3.34. The Morgan fingerprint density at radius 1 is 1.14 bits per heavy atom. The van der Waals surface area contributed by atoms with E-state index in [-0.39, 0.29) is 23.6 Å². The zero-order valence-electron chi connectivity index (χ0n) is 16.1. The van der Waals surface area contributed by atoms with E-state index in [0.29, 0.717) is 5.02 Å². The lowest BCUT2D eigenvalue weighted by Crippen LogP contribution is -2.25. The summed E-state index contributed by atoms with van der Waals surface area (Å²) in [4.78, 5) is 27.2. The summed E-state index contributed by atoms with van der Waals surface area (Å²) < 4.78 is 5.14. The monoisotopic (exact) mass is 415 g/mol. The average Bonchev–Trinajstić information content (AvgIpc) is 2.87. The number of nitrogens with zero attached hydrogens (tertiary/aromatic N) is 1. The Bertz CT molecular complexity index is 939. The van der Waals surface area contributed by atoms with Crippen LogP contribution in [0.3, 0.4) is 0 Å². The molecule has 0 radical (unpaired) electrons. The van der Waals surface area contributed by atoms with Gasteiger partial charge in [0.25, 0.3) is 0 Å². The predicted octanol–water partition coefficient (Wildman–Crippen LogP) is 4.86. The van der Waals surface area contributed by atoms with Crippen molar-refractivity contribution in [2.45, 2.75) is 24.2 Å². The van der Waals surface area contributed by atoms with Crippen LogP contribution in [0.2, 0.25) is 5.02 Å². The summed E-state index contributed by atoms with van der Waals surface area (Å²) in [5.74, 6) is -0.581. The number of benzene rings is 2. The normalized spacial score (nSPS) is 16.1. The number of hydrogen-bond donors (Lipinski definition) is 0. The van der Waals surface area contributed by atoms with Gasteiger partial charge in [-0.05, 0) is 23.8 Å². The topological polar surface area (TPSA) is 46.6 Å². The largest absolute Gasteiger partial charge is 0.457 e. The standard InChI is InChI=1S/C22H22ClNO3S/c1-22(2)16-8-4-6-10-18(16)24(3)20(22)12-15(25)13-27-21(26)14-28-19-11-7-5-9-17(19)23/h4-12H,13-14H2,1-3H3/b20-12+. The van der Waals surface area contributed by atoms with Gasteiger partial charge in [-0.15, -0.1) is 11.8 Å². The molecule has 28 heavy (non-hydrogen) atoms. The molecule has 0 aliphatic carbocycles. The first-order valence-corrected chi connectivity index (χ1v) is 10.3. The lowest BCUT2D eigenvalue weighted by atomic mass is 9.83. The zero-order chi connectivity index (χ0) is 20.3. The van der Waals surface area contributed by atoms with Gasteiger partial charge in [-0.2, -0.15) is 0 Å². The van der Waals surface area contributed by atoms with Crippen LogP contribution in [0.1, 0.15) is 19.4 Å². The fraction of sp³-hybridized carbons (Fsp3) is 0.273. The van der Waals surface area contributed by atoms with Gasteiger partial charge in [-0.3, -0.25) is 9.59 Å². The van der Waals surface area contributed by atoms with Gasteiger partial charge in [0.15, 0.2) is 12.4 Å². The van der Waals surface area contributed by atoms with Crippen molar-refractivity contribution in [1.29, 1.82) is 0 Å². The molecule has 3 rings (SSSR count). The molecule has 0 fully saturated rings. The maximum atomic E-state index is 12.4. The number of ketones is 1. The van der Waals surface area contributed by atoms with Crippen LogP contribution in [0.15, 0.2) is 65.2 Å². The molecular formula is C22H22ClNO3S. The van der Waals surface area contributed by atoms with Gasteiger partial charge in [0.1, 0.15) is 0 Å². The number of para-hydroxylation sites is 1. The Morgan fingerprint density at radius 2 is 1.82 bits per heavy atom. The molecule has 146 valence electrons. The molecule has 0 unspecified atom stereocenters. The molecular weight excluding hydrogens is 394 g/mol. The van der Waals surface area contributed by atoms with Gasteiger partial charge in [0.2, 0.25) is 0 Å². The number of likely N-dealkylation sites (N-methyl/N-ethyl adjacent to an activating group) is 1. The zero-order valence-corrected chi connectivity index (χ0v) is 17.6. The molecule has 2 aromatic carbocycles. The lowest BCUT2D eigenvalue weighted by molar-refractivity contribution is -0.144. The fourth-order valence-corrected chi connectivity index (χ4v) is 4.38. The average molecular weight is 416 g/mol. The SMILES string of the molecule is CN1/C(=C/C(=O)COC(=O)CSc2ccccc2Cl)C(C)(C)c2ccccc21. The summed E-state index contributed by atoms with van der Waals surface area (Å²) in [6, 6.07) is 15.4. The highest BCUT2D eigenvalue weighted by Crippen LogP contribution is 2.46. The molecule has 0 amide bonds. The molecule has 2 aromatic rings. The van der Waals surface area contributed by atoms with Gasteiger partial charge in [-0.25, -0.2) is 0 Å². The third-order valence-electron chi connectivity index (χ3n) is 4.80. The second-order valence-corrected chi connectivity index (χ2v) is 8.50. The number of esters is 1. The Kier molecular flexibility index (Phi) is 6.16. The van der Waals surface area contributed by atoms with E-state index in [1.807, 2.05) is 48.3 Å². The van der Waals surface area contributed by atoms with E-state index < -0.39 is 5.97 Å².